The van der Waals surface area contributed by atoms with Crippen LogP contribution < -0.4 is 5.32 Å². The molecule has 7 nitrogen and oxygen atoms in total. The lowest BCUT2D eigenvalue weighted by Crippen LogP contribution is -2.46. The van der Waals surface area contributed by atoms with E-state index in [1.54, 1.807) is 12.1 Å². The summed E-state index contributed by atoms with van der Waals surface area (Å²) >= 11 is 1.13. The largest absolute Gasteiger partial charge is 0.480 e. The highest BCUT2D eigenvalue weighted by Crippen LogP contribution is 2.25. The highest BCUT2D eigenvalue weighted by molar-refractivity contribution is 7.99. The molecule has 2 rings (SSSR count). The van der Waals surface area contributed by atoms with E-state index in [9.17, 15) is 24.3 Å². The molecular weight excluding hydrogens is 308 g/mol. The number of aliphatic carboxylic acids is 1. The Kier molecular flexibility index (Phi) is 4.81. The minimum Gasteiger partial charge on any atom is -0.480 e. The first kappa shape index (κ1) is 16.0. The molecule has 22 heavy (non-hydrogen) atoms. The second kappa shape index (κ2) is 6.61. The van der Waals surface area contributed by atoms with E-state index < -0.39 is 23.8 Å². The number of fused-ring (bicyclic) bond motifs is 1. The van der Waals surface area contributed by atoms with E-state index in [0.29, 0.717) is 0 Å². The van der Waals surface area contributed by atoms with E-state index in [4.69, 9.17) is 0 Å². The summed E-state index contributed by atoms with van der Waals surface area (Å²) in [6, 6.07) is 4.97. The van der Waals surface area contributed by atoms with Gasteiger partial charge in [-0.15, -0.1) is 11.8 Å². The Bertz CT molecular complexity index is 611. The van der Waals surface area contributed by atoms with Crippen molar-refractivity contribution in [2.24, 2.45) is 0 Å². The fraction of sp³-hybridized carbons (Fsp3) is 0.286. The van der Waals surface area contributed by atoms with Gasteiger partial charge < -0.3 is 10.4 Å². The number of rotatable bonds is 6. The van der Waals surface area contributed by atoms with Gasteiger partial charge in [0.25, 0.3) is 11.8 Å². The van der Waals surface area contributed by atoms with Gasteiger partial charge in [0.05, 0.1) is 17.0 Å². The topological polar surface area (TPSA) is 104 Å². The molecule has 1 unspecified atom stereocenters. The smallest absolute Gasteiger partial charge is 0.327 e. The first-order chi connectivity index (χ1) is 10.4. The third kappa shape index (κ3) is 3.11. The number of nitrogens with zero attached hydrogens (tertiary/aromatic N) is 1. The fourth-order valence-corrected chi connectivity index (χ4v) is 3.01. The SMILES string of the molecule is CC(=O)NCSCC(C(=O)O)N1C(=O)c2ccccc2C1=O. The molecule has 8 heteroatoms. The van der Waals surface area contributed by atoms with Crippen LogP contribution in [0.3, 0.4) is 0 Å². The molecule has 2 N–H and O–H groups in total. The Morgan fingerprint density at radius 1 is 1.23 bits per heavy atom. The summed E-state index contributed by atoms with van der Waals surface area (Å²) in [4.78, 5) is 47.5. The molecule has 0 fully saturated rings. The number of hydrogen-bond acceptors (Lipinski definition) is 5. The molecule has 0 aliphatic carbocycles. The lowest BCUT2D eigenvalue weighted by molar-refractivity contribution is -0.140. The van der Waals surface area contributed by atoms with E-state index in [0.717, 1.165) is 16.7 Å². The molecule has 0 saturated heterocycles. The molecule has 0 aromatic heterocycles. The van der Waals surface area contributed by atoms with Gasteiger partial charge in [-0.2, -0.15) is 0 Å². The maximum atomic E-state index is 12.3. The highest BCUT2D eigenvalue weighted by Gasteiger charge is 2.42. The van der Waals surface area contributed by atoms with Gasteiger partial charge >= 0.3 is 5.97 Å². The lowest BCUT2D eigenvalue weighted by atomic mass is 10.1. The number of carbonyl (C=O) groups is 4. The molecule has 1 aromatic rings. The molecule has 116 valence electrons. The number of thioether (sulfide) groups is 1. The van der Waals surface area contributed by atoms with Gasteiger partial charge in [-0.3, -0.25) is 19.3 Å². The predicted molar refractivity (Wildman–Crippen MR) is 79.5 cm³/mol. The summed E-state index contributed by atoms with van der Waals surface area (Å²) in [7, 11) is 0. The summed E-state index contributed by atoms with van der Waals surface area (Å²) in [5.41, 5.74) is 0.427. The maximum Gasteiger partial charge on any atom is 0.327 e. The van der Waals surface area contributed by atoms with E-state index in [1.807, 2.05) is 0 Å². The number of carbonyl (C=O) groups excluding carboxylic acids is 3. The molecule has 0 saturated carbocycles. The molecule has 0 bridgehead atoms. The Morgan fingerprint density at radius 3 is 2.23 bits per heavy atom. The summed E-state index contributed by atoms with van der Waals surface area (Å²) in [6.45, 7) is 1.35. The van der Waals surface area contributed by atoms with Gasteiger partial charge in [0.1, 0.15) is 6.04 Å². The van der Waals surface area contributed by atoms with Gasteiger partial charge in [-0.25, -0.2) is 4.79 Å². The molecular formula is C14H14N2O5S. The van der Waals surface area contributed by atoms with Crippen LogP contribution in [0.4, 0.5) is 0 Å². The van der Waals surface area contributed by atoms with Gasteiger partial charge in [0.15, 0.2) is 0 Å². The standard InChI is InChI=1S/C14H14N2O5S/c1-8(17)15-7-22-6-11(14(20)21)16-12(18)9-4-2-3-5-10(9)13(16)19/h2-5,11H,6-7H2,1H3,(H,15,17)(H,20,21). The van der Waals surface area contributed by atoms with Crippen LogP contribution in [0.2, 0.25) is 0 Å². The van der Waals surface area contributed by atoms with Crippen molar-refractivity contribution in [3.8, 4) is 0 Å². The van der Waals surface area contributed by atoms with Crippen LogP contribution in [0.25, 0.3) is 0 Å². The minimum atomic E-state index is -1.27. The zero-order valence-electron chi connectivity index (χ0n) is 11.7. The quantitative estimate of drug-likeness (QED) is 0.451. The maximum absolute atomic E-state index is 12.3. The molecule has 3 amide bonds. The first-order valence-corrected chi connectivity index (χ1v) is 7.61. The number of nitrogens with one attached hydrogen (secondary N) is 1. The number of carboxylic acids is 1. The second-order valence-electron chi connectivity index (χ2n) is 4.63. The number of amides is 3. The summed E-state index contributed by atoms with van der Waals surface area (Å²) in [5, 5.41) is 11.8. The fourth-order valence-electron chi connectivity index (χ4n) is 2.07. The minimum absolute atomic E-state index is 0.00107. The number of imide groups is 1. The summed E-state index contributed by atoms with van der Waals surface area (Å²) in [5.74, 6) is -2.49. The van der Waals surface area contributed by atoms with Crippen LogP contribution in [0, 0.1) is 0 Å². The van der Waals surface area contributed by atoms with Crippen LogP contribution in [-0.2, 0) is 9.59 Å². The van der Waals surface area contributed by atoms with Gasteiger partial charge in [-0.1, -0.05) is 12.1 Å². The van der Waals surface area contributed by atoms with Crippen LogP contribution >= 0.6 is 11.8 Å². The normalized spacial score (nSPS) is 14.7. The van der Waals surface area contributed by atoms with Crippen molar-refractivity contribution in [1.82, 2.24) is 10.2 Å². The number of benzene rings is 1. The Balaban J connectivity index is 2.13. The summed E-state index contributed by atoms with van der Waals surface area (Å²) < 4.78 is 0. The molecule has 1 aromatic carbocycles. The average Bonchev–Trinajstić information content (AvgIpc) is 2.72. The van der Waals surface area contributed by atoms with Crippen LogP contribution in [0.15, 0.2) is 24.3 Å². The van der Waals surface area contributed by atoms with Crippen molar-refractivity contribution in [1.29, 1.82) is 0 Å². The van der Waals surface area contributed by atoms with Crippen LogP contribution in [0.1, 0.15) is 27.6 Å². The van der Waals surface area contributed by atoms with Crippen molar-refractivity contribution in [2.75, 3.05) is 11.6 Å². The third-order valence-corrected chi connectivity index (χ3v) is 4.02. The van der Waals surface area contributed by atoms with Crippen molar-refractivity contribution >= 4 is 35.5 Å². The Labute approximate surface area is 130 Å². The third-order valence-electron chi connectivity index (χ3n) is 3.12. The number of hydrogen-bond donors (Lipinski definition) is 2. The Morgan fingerprint density at radius 2 is 1.77 bits per heavy atom. The van der Waals surface area contributed by atoms with Gasteiger partial charge in [0.2, 0.25) is 5.91 Å². The average molecular weight is 322 g/mol. The highest BCUT2D eigenvalue weighted by atomic mass is 32.2. The zero-order valence-corrected chi connectivity index (χ0v) is 12.6. The Hall–Kier alpha value is -2.35. The predicted octanol–water partition coefficient (Wildman–Crippen LogP) is 0.563. The van der Waals surface area contributed by atoms with E-state index in [1.165, 1.54) is 19.1 Å². The van der Waals surface area contributed by atoms with E-state index in [-0.39, 0.29) is 28.7 Å². The van der Waals surface area contributed by atoms with Crippen molar-refractivity contribution < 1.29 is 24.3 Å². The first-order valence-electron chi connectivity index (χ1n) is 6.45. The molecule has 1 heterocycles. The van der Waals surface area contributed by atoms with Crippen LogP contribution in [-0.4, -0.2) is 51.4 Å². The number of carboxylic acid groups (broad SMARTS) is 1. The van der Waals surface area contributed by atoms with Gasteiger partial charge in [-0.05, 0) is 12.1 Å². The van der Waals surface area contributed by atoms with Gasteiger partial charge in [0, 0.05) is 12.7 Å². The second-order valence-corrected chi connectivity index (χ2v) is 5.66. The monoisotopic (exact) mass is 322 g/mol. The van der Waals surface area contributed by atoms with Crippen molar-refractivity contribution in [3.63, 3.8) is 0 Å². The zero-order chi connectivity index (χ0) is 16.3. The van der Waals surface area contributed by atoms with E-state index in [2.05, 4.69) is 5.32 Å². The molecule has 1 aliphatic heterocycles. The van der Waals surface area contributed by atoms with Crippen molar-refractivity contribution in [2.45, 2.75) is 13.0 Å². The molecule has 1 atom stereocenters. The summed E-state index contributed by atoms with van der Waals surface area (Å²) in [6.07, 6.45) is 0. The molecule has 0 spiro atoms. The van der Waals surface area contributed by atoms with Crippen molar-refractivity contribution in [3.05, 3.63) is 35.4 Å². The van der Waals surface area contributed by atoms with Crippen LogP contribution in [0.5, 0.6) is 0 Å². The molecule has 0 radical (unpaired) electrons. The lowest BCUT2D eigenvalue weighted by Gasteiger charge is -2.22. The van der Waals surface area contributed by atoms with E-state index >= 15 is 0 Å². The molecule has 1 aliphatic rings.